The number of nitrogens with zero attached hydrogens (tertiary/aromatic N) is 4. The predicted molar refractivity (Wildman–Crippen MR) is 86.3 cm³/mol. The van der Waals surface area contributed by atoms with Crippen molar-refractivity contribution in [3.8, 4) is 11.4 Å². The number of rotatable bonds is 3. The number of hydrogen-bond acceptors (Lipinski definition) is 5. The van der Waals surface area contributed by atoms with E-state index in [1.54, 1.807) is 13.0 Å². The molecule has 4 rings (SSSR count). The second-order valence-electron chi connectivity index (χ2n) is 5.96. The number of amides is 1. The molecule has 0 saturated heterocycles. The number of carbonyl (C=O) groups excluding carboxylic acids is 1. The average molecular weight is 323 g/mol. The molecule has 1 aromatic carbocycles. The van der Waals surface area contributed by atoms with E-state index in [0.717, 1.165) is 30.1 Å². The quantitative estimate of drug-likeness (QED) is 0.796. The smallest absolute Gasteiger partial charge is 0.290 e. The number of fused-ring (bicyclic) bond motifs is 1. The largest absolute Gasteiger partial charge is 0.351 e. The Bertz CT molecular complexity index is 868. The van der Waals surface area contributed by atoms with Gasteiger partial charge in [0, 0.05) is 30.6 Å². The topological polar surface area (TPSA) is 85.8 Å². The highest BCUT2D eigenvalue weighted by Crippen LogP contribution is 2.23. The van der Waals surface area contributed by atoms with Gasteiger partial charge in [0.1, 0.15) is 5.82 Å². The van der Waals surface area contributed by atoms with Crippen molar-refractivity contribution < 1.29 is 9.32 Å². The number of benzene rings is 1. The second-order valence-corrected chi connectivity index (χ2v) is 5.96. The van der Waals surface area contributed by atoms with E-state index in [9.17, 15) is 4.79 Å². The third kappa shape index (κ3) is 2.68. The van der Waals surface area contributed by atoms with Crippen LogP contribution in [0.2, 0.25) is 0 Å². The summed E-state index contributed by atoms with van der Waals surface area (Å²) in [5, 5.41) is 15.4. The van der Waals surface area contributed by atoms with Crippen LogP contribution >= 0.6 is 0 Å². The Hall–Kier alpha value is -2.96. The van der Waals surface area contributed by atoms with Crippen LogP contribution in [0, 0.1) is 6.92 Å². The summed E-state index contributed by atoms with van der Waals surface area (Å²) in [5.41, 5.74) is 1.71. The number of hydrogen-bond donors (Lipinski definition) is 1. The number of aromatic nitrogens is 4. The Morgan fingerprint density at radius 1 is 1.29 bits per heavy atom. The third-order valence-electron chi connectivity index (χ3n) is 4.17. The molecular formula is C17H17N5O2. The molecule has 3 aromatic rings. The molecule has 7 nitrogen and oxygen atoms in total. The first-order valence-electron chi connectivity index (χ1n) is 7.92. The van der Waals surface area contributed by atoms with Gasteiger partial charge in [0.2, 0.25) is 5.76 Å². The number of carbonyl (C=O) groups is 1. The highest BCUT2D eigenvalue weighted by Gasteiger charge is 2.25. The van der Waals surface area contributed by atoms with Crippen LogP contribution in [0.25, 0.3) is 11.4 Å². The van der Waals surface area contributed by atoms with E-state index in [-0.39, 0.29) is 17.7 Å². The molecule has 0 radical (unpaired) electrons. The molecule has 1 aliphatic rings. The van der Waals surface area contributed by atoms with Gasteiger partial charge in [-0.05, 0) is 13.3 Å². The van der Waals surface area contributed by atoms with E-state index >= 15 is 0 Å². The monoisotopic (exact) mass is 323 g/mol. The maximum absolute atomic E-state index is 12.2. The van der Waals surface area contributed by atoms with Crippen LogP contribution in [-0.4, -0.2) is 31.9 Å². The van der Waals surface area contributed by atoms with Gasteiger partial charge in [0.25, 0.3) is 5.91 Å². The second kappa shape index (κ2) is 5.92. The molecule has 0 aliphatic carbocycles. The van der Waals surface area contributed by atoms with Crippen LogP contribution in [0.5, 0.6) is 0 Å². The van der Waals surface area contributed by atoms with Gasteiger partial charge in [0.05, 0.1) is 5.69 Å². The van der Waals surface area contributed by atoms with Crippen LogP contribution in [0.15, 0.2) is 40.9 Å². The first-order chi connectivity index (χ1) is 11.7. The van der Waals surface area contributed by atoms with Crippen LogP contribution < -0.4 is 5.32 Å². The van der Waals surface area contributed by atoms with Crippen LogP contribution in [0.3, 0.4) is 0 Å². The first-order valence-corrected chi connectivity index (χ1v) is 7.92. The van der Waals surface area contributed by atoms with E-state index in [0.29, 0.717) is 12.2 Å². The molecule has 122 valence electrons. The molecule has 1 atom stereocenters. The van der Waals surface area contributed by atoms with Gasteiger partial charge < -0.3 is 14.4 Å². The van der Waals surface area contributed by atoms with Gasteiger partial charge in [0.15, 0.2) is 5.82 Å². The fourth-order valence-corrected chi connectivity index (χ4v) is 2.97. The molecule has 2 aromatic heterocycles. The normalized spacial score (nSPS) is 16.6. The zero-order chi connectivity index (χ0) is 16.5. The van der Waals surface area contributed by atoms with Crippen molar-refractivity contribution in [3.05, 3.63) is 53.7 Å². The Morgan fingerprint density at radius 2 is 2.12 bits per heavy atom. The molecule has 0 fully saturated rings. The zero-order valence-corrected chi connectivity index (χ0v) is 13.3. The summed E-state index contributed by atoms with van der Waals surface area (Å²) in [6.45, 7) is 2.43. The van der Waals surface area contributed by atoms with Gasteiger partial charge in [-0.25, -0.2) is 0 Å². The fourth-order valence-electron chi connectivity index (χ4n) is 2.97. The summed E-state index contributed by atoms with van der Waals surface area (Å²) < 4.78 is 7.10. The molecule has 3 heterocycles. The van der Waals surface area contributed by atoms with E-state index in [1.165, 1.54) is 0 Å². The van der Waals surface area contributed by atoms with Crippen molar-refractivity contribution in [1.82, 2.24) is 25.2 Å². The lowest BCUT2D eigenvalue weighted by molar-refractivity contribution is 0.0890. The fraction of sp³-hybridized carbons (Fsp3) is 0.294. The maximum atomic E-state index is 12.2. The van der Waals surface area contributed by atoms with Crippen molar-refractivity contribution >= 4 is 5.91 Å². The average Bonchev–Trinajstić information content (AvgIpc) is 3.21. The summed E-state index contributed by atoms with van der Waals surface area (Å²) in [6, 6.07) is 11.6. The SMILES string of the molecule is Cc1cc(C(=O)NC2CCc3nnc(-c4ccccc4)n3C2)on1. The molecule has 0 saturated carbocycles. The number of aryl methyl sites for hydroxylation is 2. The molecule has 0 bridgehead atoms. The van der Waals surface area contributed by atoms with Gasteiger partial charge in [-0.2, -0.15) is 0 Å². The summed E-state index contributed by atoms with van der Waals surface area (Å²) in [4.78, 5) is 12.2. The summed E-state index contributed by atoms with van der Waals surface area (Å²) in [5.74, 6) is 1.79. The van der Waals surface area contributed by atoms with Gasteiger partial charge in [-0.15, -0.1) is 10.2 Å². The van der Waals surface area contributed by atoms with Gasteiger partial charge in [-0.3, -0.25) is 4.79 Å². The van der Waals surface area contributed by atoms with Crippen LogP contribution in [0.4, 0.5) is 0 Å². The van der Waals surface area contributed by atoms with Crippen molar-refractivity contribution in [2.24, 2.45) is 0 Å². The van der Waals surface area contributed by atoms with Crippen LogP contribution in [0.1, 0.15) is 28.5 Å². The molecule has 1 amide bonds. The van der Waals surface area contributed by atoms with Crippen molar-refractivity contribution in [2.75, 3.05) is 0 Å². The van der Waals surface area contributed by atoms with E-state index in [1.807, 2.05) is 30.3 Å². The summed E-state index contributed by atoms with van der Waals surface area (Å²) in [7, 11) is 0. The molecule has 24 heavy (non-hydrogen) atoms. The molecule has 1 N–H and O–H groups in total. The Kier molecular flexibility index (Phi) is 3.60. The first kappa shape index (κ1) is 14.6. The Balaban J connectivity index is 1.53. The molecule has 7 heteroatoms. The molecule has 0 spiro atoms. The van der Waals surface area contributed by atoms with Crippen LogP contribution in [-0.2, 0) is 13.0 Å². The molecule has 1 aliphatic heterocycles. The highest BCUT2D eigenvalue weighted by molar-refractivity contribution is 5.91. The van der Waals surface area contributed by atoms with Gasteiger partial charge in [-0.1, -0.05) is 35.5 Å². The Morgan fingerprint density at radius 3 is 2.88 bits per heavy atom. The highest BCUT2D eigenvalue weighted by atomic mass is 16.5. The minimum atomic E-state index is -0.238. The molecular weight excluding hydrogens is 306 g/mol. The van der Waals surface area contributed by atoms with Crippen molar-refractivity contribution in [2.45, 2.75) is 32.4 Å². The summed E-state index contributed by atoms with van der Waals surface area (Å²) in [6.07, 6.45) is 1.60. The lowest BCUT2D eigenvalue weighted by Gasteiger charge is -2.24. The molecule has 1 unspecified atom stereocenters. The summed E-state index contributed by atoms with van der Waals surface area (Å²) >= 11 is 0. The van der Waals surface area contributed by atoms with E-state index in [4.69, 9.17) is 4.52 Å². The zero-order valence-electron chi connectivity index (χ0n) is 13.3. The van der Waals surface area contributed by atoms with E-state index < -0.39 is 0 Å². The van der Waals surface area contributed by atoms with Crippen molar-refractivity contribution in [1.29, 1.82) is 0 Å². The standard InChI is InChI=1S/C17H17N5O2/c1-11-9-14(24-21-11)17(23)18-13-7-8-15-19-20-16(22(15)10-13)12-5-3-2-4-6-12/h2-6,9,13H,7-8,10H2,1H3,(H,18,23). The minimum Gasteiger partial charge on any atom is -0.351 e. The third-order valence-corrected chi connectivity index (χ3v) is 4.17. The minimum absolute atomic E-state index is 0.00821. The van der Waals surface area contributed by atoms with Gasteiger partial charge >= 0.3 is 0 Å². The van der Waals surface area contributed by atoms with Crippen molar-refractivity contribution in [3.63, 3.8) is 0 Å². The number of nitrogens with one attached hydrogen (secondary N) is 1. The predicted octanol–water partition coefficient (Wildman–Crippen LogP) is 1.99. The Labute approximate surface area is 138 Å². The van der Waals surface area contributed by atoms with E-state index in [2.05, 4.69) is 25.2 Å². The maximum Gasteiger partial charge on any atom is 0.290 e. The lowest BCUT2D eigenvalue weighted by Crippen LogP contribution is -2.41. The lowest BCUT2D eigenvalue weighted by atomic mass is 10.1.